The number of aromatic nitrogens is 3. The van der Waals surface area contributed by atoms with Gasteiger partial charge in [0.05, 0.1) is 11.4 Å². The molecule has 1 atom stereocenters. The lowest BCUT2D eigenvalue weighted by molar-refractivity contribution is -0.127. The summed E-state index contributed by atoms with van der Waals surface area (Å²) in [6.07, 6.45) is 5.44. The molecule has 2 heterocycles. The molecule has 0 radical (unpaired) electrons. The van der Waals surface area contributed by atoms with Crippen LogP contribution in [-0.4, -0.2) is 38.5 Å². The summed E-state index contributed by atoms with van der Waals surface area (Å²) in [5.41, 5.74) is 17.0. The lowest BCUT2D eigenvalue weighted by Crippen LogP contribution is -2.45. The van der Waals surface area contributed by atoms with Crippen LogP contribution in [0.25, 0.3) is 17.1 Å². The van der Waals surface area contributed by atoms with E-state index in [0.717, 1.165) is 47.6 Å². The van der Waals surface area contributed by atoms with E-state index in [-0.39, 0.29) is 24.2 Å². The first-order chi connectivity index (χ1) is 20.5. The van der Waals surface area contributed by atoms with Crippen LogP contribution in [0.4, 0.5) is 0 Å². The molecule has 4 rings (SSSR count). The molecule has 0 aliphatic rings. The second kappa shape index (κ2) is 13.9. The Kier molecular flexibility index (Phi) is 10.1. The number of nitrogens with one attached hydrogen (secondary N) is 1. The van der Waals surface area contributed by atoms with Crippen molar-refractivity contribution in [3.05, 3.63) is 101 Å². The number of primary amides is 2. The minimum absolute atomic E-state index is 0.0616. The van der Waals surface area contributed by atoms with Gasteiger partial charge in [-0.15, -0.1) is 0 Å². The van der Waals surface area contributed by atoms with Crippen LogP contribution in [0.3, 0.4) is 0 Å². The van der Waals surface area contributed by atoms with Gasteiger partial charge in [0.25, 0.3) is 0 Å². The number of hydrogen-bond donors (Lipinski definition) is 3. The van der Waals surface area contributed by atoms with E-state index in [1.165, 1.54) is 5.56 Å². The minimum atomic E-state index is -0.837. The number of carbonyl (C=O) groups excluding carboxylic acids is 3. The molecule has 0 fully saturated rings. The van der Waals surface area contributed by atoms with Crippen molar-refractivity contribution in [1.82, 2.24) is 20.1 Å². The molecule has 0 saturated heterocycles. The summed E-state index contributed by atoms with van der Waals surface area (Å²) in [6, 6.07) is 22.1. The van der Waals surface area contributed by atoms with E-state index in [1.807, 2.05) is 22.9 Å². The van der Waals surface area contributed by atoms with Crippen molar-refractivity contribution in [3.8, 4) is 17.1 Å². The summed E-state index contributed by atoms with van der Waals surface area (Å²) in [6.45, 7) is 6.58. The van der Waals surface area contributed by atoms with Gasteiger partial charge >= 0.3 is 0 Å². The van der Waals surface area contributed by atoms with E-state index in [2.05, 4.69) is 61.4 Å². The van der Waals surface area contributed by atoms with Crippen LogP contribution in [0.2, 0.25) is 0 Å². The highest BCUT2D eigenvalue weighted by Crippen LogP contribution is 2.26. The van der Waals surface area contributed by atoms with E-state index >= 15 is 0 Å². The van der Waals surface area contributed by atoms with Crippen LogP contribution < -0.4 is 16.8 Å². The van der Waals surface area contributed by atoms with E-state index < -0.39 is 17.9 Å². The van der Waals surface area contributed by atoms with Crippen LogP contribution in [0.5, 0.6) is 0 Å². The molecule has 0 bridgehead atoms. The third kappa shape index (κ3) is 8.61. The quantitative estimate of drug-likeness (QED) is 0.197. The number of aryl methyl sites for hydroxylation is 1. The van der Waals surface area contributed by atoms with E-state index in [0.29, 0.717) is 12.0 Å². The predicted octanol–water partition coefficient (Wildman–Crippen LogP) is 4.65. The Morgan fingerprint density at radius 2 is 1.60 bits per heavy atom. The molecule has 0 aliphatic carbocycles. The number of nitrogens with zero attached hydrogens (tertiary/aromatic N) is 3. The van der Waals surface area contributed by atoms with Crippen LogP contribution in [0, 0.1) is 0 Å². The maximum atomic E-state index is 12.6. The van der Waals surface area contributed by atoms with Gasteiger partial charge in [-0.3, -0.25) is 19.4 Å². The molecular formula is C34H40N6O3. The smallest absolute Gasteiger partial charge is 0.248 e. The largest absolute Gasteiger partial charge is 0.368 e. The minimum Gasteiger partial charge on any atom is -0.368 e. The van der Waals surface area contributed by atoms with Crippen LogP contribution in [0.15, 0.2) is 79.0 Å². The fraction of sp³-hybridized carbons (Fsp3) is 0.324. The summed E-state index contributed by atoms with van der Waals surface area (Å²) in [7, 11) is 0. The normalized spacial score (nSPS) is 12.1. The third-order valence-electron chi connectivity index (χ3n) is 7.38. The zero-order valence-electron chi connectivity index (χ0n) is 25.0. The van der Waals surface area contributed by atoms with Crippen LogP contribution in [-0.2, 0) is 27.8 Å². The Morgan fingerprint density at radius 3 is 2.21 bits per heavy atom. The molecule has 4 aromatic rings. The Hall–Kier alpha value is -4.79. The van der Waals surface area contributed by atoms with Crippen molar-refractivity contribution in [1.29, 1.82) is 0 Å². The maximum Gasteiger partial charge on any atom is 0.248 e. The summed E-state index contributed by atoms with van der Waals surface area (Å²) >= 11 is 0. The first kappa shape index (κ1) is 31.2. The molecule has 2 aromatic heterocycles. The van der Waals surface area contributed by atoms with Crippen molar-refractivity contribution in [2.45, 2.75) is 70.8 Å². The van der Waals surface area contributed by atoms with Gasteiger partial charge in [-0.2, -0.15) is 5.10 Å². The topological polar surface area (TPSA) is 146 Å². The molecule has 0 aliphatic heterocycles. The molecule has 224 valence electrons. The number of hydrogen-bond acceptors (Lipinski definition) is 5. The highest BCUT2D eigenvalue weighted by Gasteiger charge is 2.19. The lowest BCUT2D eigenvalue weighted by Gasteiger charge is -2.19. The molecular weight excluding hydrogens is 540 g/mol. The fourth-order valence-corrected chi connectivity index (χ4v) is 4.86. The zero-order chi connectivity index (χ0) is 31.0. The fourth-order valence-electron chi connectivity index (χ4n) is 4.86. The van der Waals surface area contributed by atoms with Crippen LogP contribution in [0.1, 0.15) is 73.6 Å². The number of carbonyl (C=O) groups is 3. The number of benzene rings is 2. The lowest BCUT2D eigenvalue weighted by atomic mass is 9.87. The van der Waals surface area contributed by atoms with Crippen LogP contribution >= 0.6 is 0 Å². The summed E-state index contributed by atoms with van der Waals surface area (Å²) < 4.78 is 1.98. The first-order valence-electron chi connectivity index (χ1n) is 14.6. The van der Waals surface area contributed by atoms with E-state index in [9.17, 15) is 14.4 Å². The Labute approximate surface area is 252 Å². The molecule has 0 saturated carbocycles. The monoisotopic (exact) mass is 580 g/mol. The van der Waals surface area contributed by atoms with Gasteiger partial charge < -0.3 is 16.8 Å². The highest BCUT2D eigenvalue weighted by atomic mass is 16.2. The number of nitrogens with two attached hydrogens (primary N) is 2. The molecule has 5 N–H and O–H groups in total. The number of rotatable bonds is 13. The second-order valence-corrected chi connectivity index (χ2v) is 11.8. The predicted molar refractivity (Wildman–Crippen MR) is 167 cm³/mol. The second-order valence-electron chi connectivity index (χ2n) is 11.8. The molecule has 43 heavy (non-hydrogen) atoms. The molecule has 2 aromatic carbocycles. The molecule has 0 spiro atoms. The molecule has 1 unspecified atom stereocenters. The SMILES string of the molecule is CC(C)(C)c1ccc(-n2nc(-c3ccccn3)cc2CCCCCC(=O)NC(Cc2ccc(C(N)=O)cc2)C(N)=O)cc1. The summed E-state index contributed by atoms with van der Waals surface area (Å²) in [5, 5.41) is 7.64. The summed E-state index contributed by atoms with van der Waals surface area (Å²) in [4.78, 5) is 40.4. The zero-order valence-corrected chi connectivity index (χ0v) is 25.0. The van der Waals surface area contributed by atoms with Gasteiger partial charge in [-0.25, -0.2) is 4.68 Å². The molecule has 9 nitrogen and oxygen atoms in total. The third-order valence-corrected chi connectivity index (χ3v) is 7.38. The molecule has 3 amide bonds. The van der Waals surface area contributed by atoms with Gasteiger partial charge in [0, 0.05) is 30.3 Å². The summed E-state index contributed by atoms with van der Waals surface area (Å²) in [5.74, 6) is -1.36. The number of pyridine rings is 1. The Morgan fingerprint density at radius 1 is 0.884 bits per heavy atom. The van der Waals surface area contributed by atoms with Crippen molar-refractivity contribution >= 4 is 17.7 Å². The van der Waals surface area contributed by atoms with Crippen molar-refractivity contribution in [3.63, 3.8) is 0 Å². The van der Waals surface area contributed by atoms with Crippen molar-refractivity contribution in [2.75, 3.05) is 0 Å². The van der Waals surface area contributed by atoms with Crippen molar-refractivity contribution < 1.29 is 14.4 Å². The van der Waals surface area contributed by atoms with Gasteiger partial charge in [0.1, 0.15) is 11.7 Å². The van der Waals surface area contributed by atoms with Gasteiger partial charge in [0.2, 0.25) is 17.7 Å². The Bertz CT molecular complexity index is 1540. The number of amides is 3. The average Bonchev–Trinajstić information content (AvgIpc) is 3.41. The first-order valence-corrected chi connectivity index (χ1v) is 14.6. The van der Waals surface area contributed by atoms with E-state index in [1.54, 1.807) is 30.5 Å². The van der Waals surface area contributed by atoms with Gasteiger partial charge in [0.15, 0.2) is 0 Å². The average molecular weight is 581 g/mol. The Balaban J connectivity index is 1.34. The van der Waals surface area contributed by atoms with Gasteiger partial charge in [-0.05, 0) is 78.3 Å². The van der Waals surface area contributed by atoms with E-state index in [4.69, 9.17) is 16.6 Å². The van der Waals surface area contributed by atoms with Gasteiger partial charge in [-0.1, -0.05) is 57.5 Å². The number of unbranched alkanes of at least 4 members (excludes halogenated alkanes) is 2. The van der Waals surface area contributed by atoms with Crippen molar-refractivity contribution in [2.24, 2.45) is 11.5 Å². The molecule has 9 heteroatoms. The maximum absolute atomic E-state index is 12.6. The highest BCUT2D eigenvalue weighted by molar-refractivity contribution is 5.92. The standard InChI is InChI=1S/C34H40N6O3/c1-34(2,3)25-16-18-26(19-17-25)40-27(22-29(39-40)28-10-7-8-20-37-28)9-5-4-6-11-31(41)38-30(33(36)43)21-23-12-14-24(15-13-23)32(35)42/h7-8,10,12-20,22,30H,4-6,9,11,21H2,1-3H3,(H2,35,42)(H2,36,43)(H,38,41).